The first kappa shape index (κ1) is 17.7. The molecule has 8 nitrogen and oxygen atoms in total. The molecule has 0 radical (unpaired) electrons. The van der Waals surface area contributed by atoms with Gasteiger partial charge in [0.25, 0.3) is 5.91 Å². The van der Waals surface area contributed by atoms with Crippen molar-refractivity contribution in [3.63, 3.8) is 0 Å². The molecule has 8 heteroatoms. The number of nitrogens with zero attached hydrogens (tertiary/aromatic N) is 5. The van der Waals surface area contributed by atoms with Gasteiger partial charge in [0.15, 0.2) is 5.96 Å². The predicted octanol–water partition coefficient (Wildman–Crippen LogP) is 0.343. The molecule has 26 heavy (non-hydrogen) atoms. The molecule has 1 fully saturated rings. The highest BCUT2D eigenvalue weighted by Crippen LogP contribution is 2.09. The van der Waals surface area contributed by atoms with Crippen LogP contribution in [0.1, 0.15) is 10.4 Å². The van der Waals surface area contributed by atoms with Gasteiger partial charge in [0.1, 0.15) is 0 Å². The number of benzene rings is 1. The smallest absolute Gasteiger partial charge is 0.251 e. The van der Waals surface area contributed by atoms with Crippen molar-refractivity contribution in [2.45, 2.75) is 0 Å². The van der Waals surface area contributed by atoms with Crippen LogP contribution in [0.15, 0.2) is 53.8 Å². The van der Waals surface area contributed by atoms with Crippen LogP contribution in [0.4, 0.5) is 5.95 Å². The number of hydrogen-bond acceptors (Lipinski definition) is 5. The van der Waals surface area contributed by atoms with E-state index in [1.165, 1.54) is 0 Å². The topological polar surface area (TPSA) is 99.7 Å². The number of nitrogens with one attached hydrogen (secondary N) is 1. The predicted molar refractivity (Wildman–Crippen MR) is 101 cm³/mol. The minimum absolute atomic E-state index is 0.101. The van der Waals surface area contributed by atoms with E-state index in [1.54, 1.807) is 30.6 Å². The average molecular weight is 353 g/mol. The summed E-state index contributed by atoms with van der Waals surface area (Å²) in [5, 5.41) is 2.84. The molecule has 0 unspecified atom stereocenters. The molecule has 2 aromatic rings. The Hall–Kier alpha value is -3.16. The highest BCUT2D eigenvalue weighted by atomic mass is 16.1. The molecular weight excluding hydrogens is 330 g/mol. The highest BCUT2D eigenvalue weighted by Gasteiger charge is 2.19. The second-order valence-corrected chi connectivity index (χ2v) is 5.88. The lowest BCUT2D eigenvalue weighted by molar-refractivity contribution is 0.0955. The molecule has 3 N–H and O–H groups in total. The maximum absolute atomic E-state index is 11.9. The Labute approximate surface area is 152 Å². The normalized spacial score (nSPS) is 15.0. The molecule has 1 aliphatic heterocycles. The van der Waals surface area contributed by atoms with E-state index in [-0.39, 0.29) is 5.91 Å². The maximum atomic E-state index is 11.9. The van der Waals surface area contributed by atoms with Gasteiger partial charge in [0.05, 0.1) is 6.54 Å². The van der Waals surface area contributed by atoms with Gasteiger partial charge in [-0.2, -0.15) is 0 Å². The van der Waals surface area contributed by atoms with Crippen molar-refractivity contribution < 1.29 is 4.79 Å². The van der Waals surface area contributed by atoms with Crippen molar-refractivity contribution >= 4 is 17.8 Å². The van der Waals surface area contributed by atoms with E-state index in [0.29, 0.717) is 24.6 Å². The Morgan fingerprint density at radius 3 is 2.46 bits per heavy atom. The molecule has 0 saturated carbocycles. The first-order valence-corrected chi connectivity index (χ1v) is 8.64. The Morgan fingerprint density at radius 1 is 1.08 bits per heavy atom. The number of rotatable bonds is 5. The summed E-state index contributed by atoms with van der Waals surface area (Å²) in [7, 11) is 0. The molecule has 0 atom stereocenters. The van der Waals surface area contributed by atoms with E-state index in [9.17, 15) is 4.79 Å². The first-order chi connectivity index (χ1) is 12.7. The molecule has 1 aromatic heterocycles. The van der Waals surface area contributed by atoms with Gasteiger partial charge in [-0.15, -0.1) is 0 Å². The number of aliphatic imine (C=N–C) groups is 1. The number of nitrogens with two attached hydrogens (primary N) is 1. The number of aromatic nitrogens is 2. The van der Waals surface area contributed by atoms with E-state index >= 15 is 0 Å². The van der Waals surface area contributed by atoms with Gasteiger partial charge in [-0.1, -0.05) is 18.2 Å². The van der Waals surface area contributed by atoms with Crippen molar-refractivity contribution in [2.75, 3.05) is 44.2 Å². The lowest BCUT2D eigenvalue weighted by Crippen LogP contribution is -2.51. The summed E-state index contributed by atoms with van der Waals surface area (Å²) < 4.78 is 0. The van der Waals surface area contributed by atoms with E-state index in [0.717, 1.165) is 32.1 Å². The Kier molecular flexibility index (Phi) is 5.97. The monoisotopic (exact) mass is 353 g/mol. The van der Waals surface area contributed by atoms with E-state index in [2.05, 4.69) is 25.2 Å². The zero-order valence-corrected chi connectivity index (χ0v) is 14.6. The number of anilines is 1. The van der Waals surface area contributed by atoms with Crippen LogP contribution in [0, 0.1) is 0 Å². The molecule has 1 aliphatic rings. The van der Waals surface area contributed by atoms with Gasteiger partial charge in [-0.3, -0.25) is 9.79 Å². The molecule has 0 aliphatic carbocycles. The Bertz CT molecular complexity index is 728. The zero-order valence-electron chi connectivity index (χ0n) is 14.6. The molecule has 1 amide bonds. The number of piperazine rings is 1. The maximum Gasteiger partial charge on any atom is 0.251 e. The fourth-order valence-corrected chi connectivity index (χ4v) is 2.72. The molecule has 1 aromatic carbocycles. The summed E-state index contributed by atoms with van der Waals surface area (Å²) in [5.74, 6) is 1.15. The van der Waals surface area contributed by atoms with Crippen LogP contribution in [-0.2, 0) is 0 Å². The quantitative estimate of drug-likeness (QED) is 0.457. The van der Waals surface area contributed by atoms with Crippen LogP contribution in [0.3, 0.4) is 0 Å². The minimum atomic E-state index is -0.101. The van der Waals surface area contributed by atoms with E-state index < -0.39 is 0 Å². The Morgan fingerprint density at radius 2 is 1.77 bits per heavy atom. The third-order valence-electron chi connectivity index (χ3n) is 4.15. The fraction of sp³-hybridized carbons (Fsp3) is 0.333. The van der Waals surface area contributed by atoms with Gasteiger partial charge >= 0.3 is 0 Å². The molecule has 0 bridgehead atoms. The summed E-state index contributed by atoms with van der Waals surface area (Å²) in [6, 6.07) is 10.9. The lowest BCUT2D eigenvalue weighted by atomic mass is 10.2. The van der Waals surface area contributed by atoms with Crippen LogP contribution in [-0.4, -0.2) is 66.0 Å². The lowest BCUT2D eigenvalue weighted by Gasteiger charge is -2.35. The van der Waals surface area contributed by atoms with Crippen LogP contribution in [0.2, 0.25) is 0 Å². The van der Waals surface area contributed by atoms with Crippen molar-refractivity contribution in [2.24, 2.45) is 10.7 Å². The third-order valence-corrected chi connectivity index (χ3v) is 4.15. The molecule has 2 heterocycles. The number of hydrogen-bond donors (Lipinski definition) is 2. The van der Waals surface area contributed by atoms with E-state index in [4.69, 9.17) is 5.73 Å². The van der Waals surface area contributed by atoms with Gasteiger partial charge < -0.3 is 20.9 Å². The standard InChI is InChI=1S/C18H23N7O/c19-17(21-10-9-20-16(26)15-5-2-1-3-6-15)24-11-13-25(14-12-24)18-22-7-4-8-23-18/h1-8H,9-14H2,(H2,19,21)(H,20,26). The molecule has 0 spiro atoms. The number of guanidine groups is 1. The highest BCUT2D eigenvalue weighted by molar-refractivity contribution is 5.94. The molecule has 1 saturated heterocycles. The summed E-state index contributed by atoms with van der Waals surface area (Å²) >= 11 is 0. The van der Waals surface area contributed by atoms with Crippen LogP contribution < -0.4 is 16.0 Å². The fourth-order valence-electron chi connectivity index (χ4n) is 2.72. The second kappa shape index (κ2) is 8.80. The van der Waals surface area contributed by atoms with Crippen LogP contribution in [0.5, 0.6) is 0 Å². The van der Waals surface area contributed by atoms with Gasteiger partial charge in [-0.25, -0.2) is 9.97 Å². The molecule has 3 rings (SSSR count). The second-order valence-electron chi connectivity index (χ2n) is 5.88. The largest absolute Gasteiger partial charge is 0.370 e. The molecule has 136 valence electrons. The van der Waals surface area contributed by atoms with Crippen LogP contribution in [0.25, 0.3) is 0 Å². The molecular formula is C18H23N7O. The van der Waals surface area contributed by atoms with Crippen LogP contribution >= 0.6 is 0 Å². The first-order valence-electron chi connectivity index (χ1n) is 8.64. The van der Waals surface area contributed by atoms with Crippen molar-refractivity contribution in [1.29, 1.82) is 0 Å². The summed E-state index contributed by atoms with van der Waals surface area (Å²) in [6.07, 6.45) is 3.49. The van der Waals surface area contributed by atoms with Crippen molar-refractivity contribution in [3.8, 4) is 0 Å². The minimum Gasteiger partial charge on any atom is -0.370 e. The van der Waals surface area contributed by atoms with Crippen molar-refractivity contribution in [3.05, 3.63) is 54.4 Å². The summed E-state index contributed by atoms with van der Waals surface area (Å²) in [5.41, 5.74) is 6.72. The van der Waals surface area contributed by atoms with Gasteiger partial charge in [-0.05, 0) is 18.2 Å². The Balaban J connectivity index is 1.41. The SMILES string of the molecule is NC(=NCCNC(=O)c1ccccc1)N1CCN(c2ncccn2)CC1. The van der Waals surface area contributed by atoms with Gasteiger partial charge in [0, 0.05) is 50.7 Å². The van der Waals surface area contributed by atoms with Crippen molar-refractivity contribution in [1.82, 2.24) is 20.2 Å². The summed E-state index contributed by atoms with van der Waals surface area (Å²) in [6.45, 7) is 4.03. The number of carbonyl (C=O) groups excluding carboxylic acids is 1. The van der Waals surface area contributed by atoms with E-state index in [1.807, 2.05) is 23.1 Å². The number of carbonyl (C=O) groups is 1. The zero-order chi connectivity index (χ0) is 18.2. The third kappa shape index (κ3) is 4.69. The average Bonchev–Trinajstić information content (AvgIpc) is 2.72. The number of amides is 1. The van der Waals surface area contributed by atoms with Gasteiger partial charge in [0.2, 0.25) is 5.95 Å². The summed E-state index contributed by atoms with van der Waals surface area (Å²) in [4.78, 5) is 29.0.